The summed E-state index contributed by atoms with van der Waals surface area (Å²) in [4.78, 5) is 39.1. The Hall–Kier alpha value is -3.08. The monoisotopic (exact) mass is 625 g/mol. The minimum absolute atomic E-state index is 0.00584. The molecule has 246 valence electrons. The average Bonchev–Trinajstić information content (AvgIpc) is 3.36. The maximum Gasteiger partial charge on any atom is 0.432 e. The van der Waals surface area contributed by atoms with E-state index in [0.717, 1.165) is 32.8 Å². The van der Waals surface area contributed by atoms with Crippen LogP contribution in [0.4, 0.5) is 18.0 Å². The number of hydrogen-bond acceptors (Lipinski definition) is 7. The number of piperidine rings is 1. The number of halogens is 3. The van der Waals surface area contributed by atoms with E-state index in [-0.39, 0.29) is 26.0 Å². The Morgan fingerprint density at radius 2 is 1.64 bits per heavy atom. The molecule has 11 heteroatoms. The quantitative estimate of drug-likeness (QED) is 0.0771. The van der Waals surface area contributed by atoms with Crippen molar-refractivity contribution in [1.29, 1.82) is 0 Å². The molecule has 2 heterocycles. The predicted octanol–water partition coefficient (Wildman–Crippen LogP) is 7.40. The van der Waals surface area contributed by atoms with Gasteiger partial charge in [-0.15, -0.1) is 0 Å². The molecule has 2 saturated heterocycles. The van der Waals surface area contributed by atoms with Crippen molar-refractivity contribution >= 4 is 18.0 Å². The van der Waals surface area contributed by atoms with Crippen molar-refractivity contribution in [3.63, 3.8) is 0 Å². The predicted molar refractivity (Wildman–Crippen MR) is 158 cm³/mol. The van der Waals surface area contributed by atoms with E-state index in [9.17, 15) is 27.6 Å². The minimum atomic E-state index is -5.11. The fraction of sp³-hybridized carbons (Fsp3) is 0.667. The number of benzene rings is 1. The van der Waals surface area contributed by atoms with E-state index < -0.39 is 53.6 Å². The number of alkyl halides is 3. The number of fused-ring (bicyclic) bond motifs is 1. The van der Waals surface area contributed by atoms with Crippen LogP contribution in [0.5, 0.6) is 0 Å². The van der Waals surface area contributed by atoms with Crippen molar-refractivity contribution in [1.82, 2.24) is 4.90 Å². The third-order valence-electron chi connectivity index (χ3n) is 8.34. The van der Waals surface area contributed by atoms with Crippen LogP contribution < -0.4 is 0 Å². The molecule has 0 aliphatic carbocycles. The molecule has 2 aliphatic rings. The molecule has 1 aromatic carbocycles. The highest BCUT2D eigenvalue weighted by atomic mass is 19.4. The van der Waals surface area contributed by atoms with Gasteiger partial charge in [0.2, 0.25) is 0 Å². The summed E-state index contributed by atoms with van der Waals surface area (Å²) >= 11 is 0. The SMILES string of the molecule is CCCCCCCCCCCC[C@H](/C=C1\CCN2C(=O)OC[C@H]2[C@@H]1OC(C)=O)OC(=O)[C@](OC)(c1ccccc1)C(F)(F)F. The Kier molecular flexibility index (Phi) is 13.5. The molecule has 4 atom stereocenters. The molecule has 1 aromatic rings. The van der Waals surface area contributed by atoms with Crippen molar-refractivity contribution in [2.24, 2.45) is 0 Å². The standard InChI is InChI=1S/C33H46F3NO7/c1-4-5-6-7-8-9-10-11-12-16-19-27(22-25-20-21-37-28(23-42-31(37)40)29(25)43-24(2)38)44-30(39)32(41-3,33(34,35)36)26-17-14-13-15-18-26/h13-15,17-18,22,27-29H,4-12,16,19-21,23H2,1-3H3/b25-22+/t27-,28+,29-,32-/m1/s1. The Morgan fingerprint density at radius 3 is 2.20 bits per heavy atom. The van der Waals surface area contributed by atoms with Crippen LogP contribution in [0.15, 0.2) is 42.0 Å². The number of ether oxygens (including phenoxy) is 4. The third-order valence-corrected chi connectivity index (χ3v) is 8.34. The lowest BCUT2D eigenvalue weighted by molar-refractivity contribution is -0.277. The normalized spacial score (nSPS) is 21.4. The first kappa shape index (κ1) is 35.4. The number of carbonyl (C=O) groups is 3. The summed E-state index contributed by atoms with van der Waals surface area (Å²) in [5, 5.41) is 0. The molecule has 0 bridgehead atoms. The Bertz CT molecular complexity index is 1110. The number of hydrogen-bond donors (Lipinski definition) is 0. The minimum Gasteiger partial charge on any atom is -0.456 e. The number of rotatable bonds is 17. The first-order valence-corrected chi connectivity index (χ1v) is 15.7. The summed E-state index contributed by atoms with van der Waals surface area (Å²) in [5.74, 6) is -2.15. The van der Waals surface area contributed by atoms with E-state index in [1.54, 1.807) is 12.1 Å². The smallest absolute Gasteiger partial charge is 0.432 e. The molecule has 0 radical (unpaired) electrons. The van der Waals surface area contributed by atoms with E-state index in [1.165, 1.54) is 68.2 Å². The molecule has 0 saturated carbocycles. The second-order valence-electron chi connectivity index (χ2n) is 11.5. The van der Waals surface area contributed by atoms with E-state index in [2.05, 4.69) is 6.92 Å². The second kappa shape index (κ2) is 16.8. The van der Waals surface area contributed by atoms with Crippen LogP contribution in [-0.4, -0.2) is 67.6 Å². The molecule has 0 unspecified atom stereocenters. The third kappa shape index (κ3) is 8.99. The van der Waals surface area contributed by atoms with Crippen molar-refractivity contribution in [3.8, 4) is 0 Å². The van der Waals surface area contributed by atoms with Crippen LogP contribution in [0, 0.1) is 0 Å². The number of carbonyl (C=O) groups excluding carboxylic acids is 3. The molecule has 2 fully saturated rings. The topological polar surface area (TPSA) is 91.4 Å². The zero-order chi connectivity index (χ0) is 32.2. The van der Waals surface area contributed by atoms with Gasteiger partial charge in [0.05, 0.1) is 0 Å². The second-order valence-corrected chi connectivity index (χ2v) is 11.5. The van der Waals surface area contributed by atoms with Gasteiger partial charge in [0.25, 0.3) is 5.60 Å². The molecular weight excluding hydrogens is 579 g/mol. The largest absolute Gasteiger partial charge is 0.456 e. The van der Waals surface area contributed by atoms with Crippen LogP contribution >= 0.6 is 0 Å². The van der Waals surface area contributed by atoms with Crippen LogP contribution in [0.3, 0.4) is 0 Å². The Balaban J connectivity index is 1.81. The number of cyclic esters (lactones) is 1. The van der Waals surface area contributed by atoms with Crippen LogP contribution in [-0.2, 0) is 34.1 Å². The van der Waals surface area contributed by atoms with Crippen molar-refractivity contribution < 1.29 is 46.5 Å². The summed E-state index contributed by atoms with van der Waals surface area (Å²) in [7, 11) is 0.834. The highest BCUT2D eigenvalue weighted by molar-refractivity contribution is 5.83. The van der Waals surface area contributed by atoms with Gasteiger partial charge in [-0.3, -0.25) is 9.69 Å². The fourth-order valence-electron chi connectivity index (χ4n) is 5.98. The molecule has 2 aliphatic heterocycles. The first-order valence-electron chi connectivity index (χ1n) is 15.7. The number of methoxy groups -OCH3 is 1. The zero-order valence-electron chi connectivity index (χ0n) is 26.0. The maximum absolute atomic E-state index is 14.6. The van der Waals surface area contributed by atoms with Gasteiger partial charge in [-0.2, -0.15) is 13.2 Å². The molecule has 0 N–H and O–H groups in total. The van der Waals surface area contributed by atoms with Gasteiger partial charge in [0.15, 0.2) is 0 Å². The van der Waals surface area contributed by atoms with E-state index in [4.69, 9.17) is 18.9 Å². The number of amides is 1. The fourth-order valence-corrected chi connectivity index (χ4v) is 5.98. The molecule has 0 aromatic heterocycles. The average molecular weight is 626 g/mol. The number of nitrogens with zero attached hydrogens (tertiary/aromatic N) is 1. The van der Waals surface area contributed by atoms with E-state index >= 15 is 0 Å². The van der Waals surface area contributed by atoms with Gasteiger partial charge in [0, 0.05) is 26.1 Å². The summed E-state index contributed by atoms with van der Waals surface area (Å²) in [6, 6.07) is 6.12. The van der Waals surface area contributed by atoms with Crippen molar-refractivity contribution in [3.05, 3.63) is 47.5 Å². The summed E-state index contributed by atoms with van der Waals surface area (Å²) < 4.78 is 65.1. The highest BCUT2D eigenvalue weighted by Crippen LogP contribution is 2.43. The molecule has 1 amide bonds. The van der Waals surface area contributed by atoms with Gasteiger partial charge >= 0.3 is 24.2 Å². The Morgan fingerprint density at radius 1 is 1.02 bits per heavy atom. The lowest BCUT2D eigenvalue weighted by atomic mass is 9.91. The molecule has 44 heavy (non-hydrogen) atoms. The molecule has 8 nitrogen and oxygen atoms in total. The van der Waals surface area contributed by atoms with Gasteiger partial charge in [-0.25, -0.2) is 9.59 Å². The highest BCUT2D eigenvalue weighted by Gasteiger charge is 2.64. The number of unbranched alkanes of at least 4 members (excludes halogenated alkanes) is 9. The van der Waals surface area contributed by atoms with Crippen molar-refractivity contribution in [2.75, 3.05) is 20.3 Å². The van der Waals surface area contributed by atoms with E-state index in [0.29, 0.717) is 12.0 Å². The van der Waals surface area contributed by atoms with Crippen LogP contribution in [0.2, 0.25) is 0 Å². The van der Waals surface area contributed by atoms with Crippen molar-refractivity contribution in [2.45, 2.75) is 121 Å². The zero-order valence-corrected chi connectivity index (χ0v) is 26.0. The van der Waals surface area contributed by atoms with Gasteiger partial charge in [-0.05, 0) is 30.9 Å². The van der Waals surface area contributed by atoms with Gasteiger partial charge < -0.3 is 18.9 Å². The molecular formula is C33H46F3NO7. The maximum atomic E-state index is 14.6. The summed E-state index contributed by atoms with van der Waals surface area (Å²) in [6.45, 7) is 3.71. The Labute approximate surface area is 258 Å². The van der Waals surface area contributed by atoms with Crippen LogP contribution in [0.25, 0.3) is 0 Å². The van der Waals surface area contributed by atoms with Gasteiger partial charge in [0.1, 0.15) is 24.9 Å². The first-order chi connectivity index (χ1) is 21.0. The molecule has 0 spiro atoms. The summed E-state index contributed by atoms with van der Waals surface area (Å²) in [6.07, 6.45) is 5.30. The molecule has 3 rings (SSSR count). The lowest BCUT2D eigenvalue weighted by Crippen LogP contribution is -2.52. The lowest BCUT2D eigenvalue weighted by Gasteiger charge is -2.36. The van der Waals surface area contributed by atoms with E-state index in [1.807, 2.05) is 0 Å². The van der Waals surface area contributed by atoms with Crippen LogP contribution in [0.1, 0.15) is 96.5 Å². The summed E-state index contributed by atoms with van der Waals surface area (Å²) in [5.41, 5.74) is -3.15. The van der Waals surface area contributed by atoms with Gasteiger partial charge in [-0.1, -0.05) is 95.0 Å². The number of esters is 2.